The maximum atomic E-state index is 12.9. The molecule has 0 aliphatic heterocycles. The lowest BCUT2D eigenvalue weighted by atomic mass is 10.1. The average Bonchev–Trinajstić information content (AvgIpc) is 3.26. The highest BCUT2D eigenvalue weighted by atomic mass is 16.4. The third-order valence-corrected chi connectivity index (χ3v) is 4.71. The van der Waals surface area contributed by atoms with Crippen molar-refractivity contribution in [2.24, 2.45) is 5.92 Å². The summed E-state index contributed by atoms with van der Waals surface area (Å²) in [5.41, 5.74) is 3.83. The van der Waals surface area contributed by atoms with E-state index in [4.69, 9.17) is 5.11 Å². The number of H-pyrrole nitrogens is 1. The number of carboxylic acids is 1. The van der Waals surface area contributed by atoms with Gasteiger partial charge in [0, 0.05) is 23.5 Å². The number of aryl methyl sites for hydroxylation is 2. The Kier molecular flexibility index (Phi) is 3.88. The molecule has 2 N–H and O–H groups in total. The van der Waals surface area contributed by atoms with Gasteiger partial charge in [-0.05, 0) is 49.9 Å². The third-order valence-electron chi connectivity index (χ3n) is 4.71. The largest absolute Gasteiger partial charge is 0.481 e. The van der Waals surface area contributed by atoms with E-state index in [9.17, 15) is 9.59 Å². The fraction of sp³-hybridized carbons (Fsp3) is 0.444. The van der Waals surface area contributed by atoms with Crippen LogP contribution in [0.5, 0.6) is 0 Å². The van der Waals surface area contributed by atoms with Gasteiger partial charge in [0.2, 0.25) is 0 Å². The molecule has 1 aliphatic carbocycles. The highest BCUT2D eigenvalue weighted by Crippen LogP contribution is 2.30. The van der Waals surface area contributed by atoms with Crippen molar-refractivity contribution >= 4 is 22.8 Å². The second-order valence-electron chi connectivity index (χ2n) is 6.58. The molecular formula is C18H22N2O3. The first kappa shape index (κ1) is 15.6. The summed E-state index contributed by atoms with van der Waals surface area (Å²) in [5.74, 6) is -1.53. The number of carbonyl (C=O) groups excluding carboxylic acids is 1. The van der Waals surface area contributed by atoms with Crippen molar-refractivity contribution in [3.63, 3.8) is 0 Å². The maximum Gasteiger partial charge on any atom is 0.308 e. The molecule has 23 heavy (non-hydrogen) atoms. The Balaban J connectivity index is 1.91. The molecule has 1 aromatic heterocycles. The van der Waals surface area contributed by atoms with E-state index in [0.29, 0.717) is 5.69 Å². The van der Waals surface area contributed by atoms with Crippen molar-refractivity contribution in [2.45, 2.75) is 39.7 Å². The molecule has 0 radical (unpaired) electrons. The zero-order chi connectivity index (χ0) is 16.7. The van der Waals surface area contributed by atoms with Crippen LogP contribution in [0.3, 0.4) is 0 Å². The van der Waals surface area contributed by atoms with E-state index in [2.05, 4.69) is 4.98 Å². The van der Waals surface area contributed by atoms with Crippen LogP contribution in [-0.2, 0) is 4.79 Å². The Bertz CT molecular complexity index is 774. The number of hydrogen-bond acceptors (Lipinski definition) is 2. The fourth-order valence-electron chi connectivity index (χ4n) is 2.89. The molecule has 5 heteroatoms. The summed E-state index contributed by atoms with van der Waals surface area (Å²) in [6.07, 6.45) is 1.91. The highest BCUT2D eigenvalue weighted by molar-refractivity contribution is 5.99. The fourth-order valence-corrected chi connectivity index (χ4v) is 2.89. The van der Waals surface area contributed by atoms with Crippen LogP contribution in [0.4, 0.5) is 0 Å². The third kappa shape index (κ3) is 2.96. The van der Waals surface area contributed by atoms with Crippen molar-refractivity contribution in [2.75, 3.05) is 6.54 Å². The quantitative estimate of drug-likeness (QED) is 0.890. The number of aliphatic carboxylic acids is 1. The number of nitrogens with zero attached hydrogens (tertiary/aromatic N) is 1. The second-order valence-corrected chi connectivity index (χ2v) is 6.58. The van der Waals surface area contributed by atoms with Crippen molar-refractivity contribution < 1.29 is 14.7 Å². The smallest absolute Gasteiger partial charge is 0.308 e. The van der Waals surface area contributed by atoms with Crippen LogP contribution in [0.1, 0.15) is 41.4 Å². The SMILES string of the molecule is Cc1ccc2[nH]c(C(=O)N(C[C@H](C)C(=O)O)C3CC3)cc2c1C. The lowest BCUT2D eigenvalue weighted by molar-refractivity contribution is -0.141. The van der Waals surface area contributed by atoms with E-state index in [1.807, 2.05) is 32.0 Å². The predicted molar refractivity (Wildman–Crippen MR) is 88.6 cm³/mol. The van der Waals surface area contributed by atoms with Gasteiger partial charge in [-0.2, -0.15) is 0 Å². The summed E-state index contributed by atoms with van der Waals surface area (Å²) >= 11 is 0. The van der Waals surface area contributed by atoms with Gasteiger partial charge in [-0.3, -0.25) is 9.59 Å². The van der Waals surface area contributed by atoms with Gasteiger partial charge >= 0.3 is 5.97 Å². The predicted octanol–water partition coefficient (Wildman–Crippen LogP) is 3.11. The molecule has 1 heterocycles. The minimum atomic E-state index is -0.869. The van der Waals surface area contributed by atoms with Gasteiger partial charge in [0.25, 0.3) is 5.91 Å². The monoisotopic (exact) mass is 314 g/mol. The lowest BCUT2D eigenvalue weighted by Gasteiger charge is -2.23. The number of carbonyl (C=O) groups is 2. The number of rotatable bonds is 5. The summed E-state index contributed by atoms with van der Waals surface area (Å²) in [6, 6.07) is 6.09. The number of hydrogen-bond donors (Lipinski definition) is 2. The first-order valence-electron chi connectivity index (χ1n) is 8.01. The molecule has 2 aromatic rings. The molecule has 122 valence electrons. The Morgan fingerprint density at radius 1 is 1.35 bits per heavy atom. The van der Waals surface area contributed by atoms with E-state index >= 15 is 0 Å². The Hall–Kier alpha value is -2.30. The van der Waals surface area contributed by atoms with Crippen LogP contribution in [0.15, 0.2) is 18.2 Å². The maximum absolute atomic E-state index is 12.9. The van der Waals surface area contributed by atoms with Gasteiger partial charge in [0.05, 0.1) is 5.92 Å². The Morgan fingerprint density at radius 3 is 2.65 bits per heavy atom. The van der Waals surface area contributed by atoms with E-state index < -0.39 is 11.9 Å². The number of fused-ring (bicyclic) bond motifs is 1. The lowest BCUT2D eigenvalue weighted by Crippen LogP contribution is -2.38. The first-order chi connectivity index (χ1) is 10.9. The summed E-state index contributed by atoms with van der Waals surface area (Å²) < 4.78 is 0. The van der Waals surface area contributed by atoms with Crippen LogP contribution in [-0.4, -0.2) is 39.5 Å². The number of aromatic nitrogens is 1. The molecule has 0 saturated heterocycles. The molecule has 1 atom stereocenters. The summed E-state index contributed by atoms with van der Waals surface area (Å²) in [5, 5.41) is 10.2. The van der Waals surface area contributed by atoms with Crippen LogP contribution in [0, 0.1) is 19.8 Å². The highest BCUT2D eigenvalue weighted by Gasteiger charge is 2.35. The van der Waals surface area contributed by atoms with Crippen molar-refractivity contribution in [3.05, 3.63) is 35.0 Å². The molecular weight excluding hydrogens is 292 g/mol. The van der Waals surface area contributed by atoms with Crippen LogP contribution < -0.4 is 0 Å². The van der Waals surface area contributed by atoms with Crippen LogP contribution >= 0.6 is 0 Å². The van der Waals surface area contributed by atoms with E-state index in [1.54, 1.807) is 11.8 Å². The molecule has 0 unspecified atom stereocenters. The molecule has 1 aromatic carbocycles. The Labute approximate surface area is 135 Å². The zero-order valence-electron chi connectivity index (χ0n) is 13.7. The molecule has 0 bridgehead atoms. The van der Waals surface area contributed by atoms with Gasteiger partial charge in [-0.25, -0.2) is 0 Å². The number of benzene rings is 1. The minimum absolute atomic E-state index is 0.103. The number of aromatic amines is 1. The summed E-state index contributed by atoms with van der Waals surface area (Å²) in [7, 11) is 0. The van der Waals surface area contributed by atoms with Crippen LogP contribution in [0.25, 0.3) is 10.9 Å². The number of nitrogens with one attached hydrogen (secondary N) is 1. The van der Waals surface area contributed by atoms with Crippen molar-refractivity contribution in [1.82, 2.24) is 9.88 Å². The molecule has 1 fully saturated rings. The first-order valence-corrected chi connectivity index (χ1v) is 8.01. The molecule has 1 amide bonds. The summed E-state index contributed by atoms with van der Waals surface area (Å²) in [4.78, 5) is 28.9. The minimum Gasteiger partial charge on any atom is -0.481 e. The zero-order valence-corrected chi connectivity index (χ0v) is 13.7. The Morgan fingerprint density at radius 2 is 2.04 bits per heavy atom. The number of amides is 1. The molecule has 0 spiro atoms. The van der Waals surface area contributed by atoms with Gasteiger partial charge in [-0.15, -0.1) is 0 Å². The average molecular weight is 314 g/mol. The molecule has 3 rings (SSSR count). The molecule has 1 aliphatic rings. The topological polar surface area (TPSA) is 73.4 Å². The molecule has 5 nitrogen and oxygen atoms in total. The van der Waals surface area contributed by atoms with Crippen LogP contribution in [0.2, 0.25) is 0 Å². The standard InChI is InChI=1S/C18H22N2O3/c1-10-4-7-15-14(12(10)3)8-16(19-15)17(21)20(13-5-6-13)9-11(2)18(22)23/h4,7-8,11,13,19H,5-6,9H2,1-3H3,(H,22,23)/t11-/m0/s1. The normalized spacial score (nSPS) is 15.6. The van der Waals surface area contributed by atoms with Gasteiger partial charge in [-0.1, -0.05) is 13.0 Å². The summed E-state index contributed by atoms with van der Waals surface area (Å²) in [6.45, 7) is 6.00. The van der Waals surface area contributed by atoms with E-state index in [1.165, 1.54) is 5.56 Å². The van der Waals surface area contributed by atoms with Crippen molar-refractivity contribution in [3.8, 4) is 0 Å². The second kappa shape index (κ2) is 5.72. The van der Waals surface area contributed by atoms with E-state index in [-0.39, 0.29) is 18.5 Å². The van der Waals surface area contributed by atoms with E-state index in [0.717, 1.165) is 29.3 Å². The molecule has 1 saturated carbocycles. The van der Waals surface area contributed by atoms with Gasteiger partial charge in [0.15, 0.2) is 0 Å². The van der Waals surface area contributed by atoms with Crippen molar-refractivity contribution in [1.29, 1.82) is 0 Å². The van der Waals surface area contributed by atoms with Gasteiger partial charge in [0.1, 0.15) is 5.69 Å². The number of carboxylic acid groups (broad SMARTS) is 1. The van der Waals surface area contributed by atoms with Gasteiger partial charge < -0.3 is 15.0 Å².